The summed E-state index contributed by atoms with van der Waals surface area (Å²) in [6.45, 7) is 0.487. The summed E-state index contributed by atoms with van der Waals surface area (Å²) in [5.41, 5.74) is 3.34. The molecule has 0 saturated heterocycles. The van der Waals surface area contributed by atoms with Gasteiger partial charge in [0.15, 0.2) is 11.5 Å². The molecule has 1 N–H and O–H groups in total. The second kappa shape index (κ2) is 8.10. The average molecular weight is 390 g/mol. The van der Waals surface area contributed by atoms with E-state index < -0.39 is 0 Å². The molecule has 0 saturated carbocycles. The van der Waals surface area contributed by atoms with Gasteiger partial charge in [-0.05, 0) is 35.9 Å². The van der Waals surface area contributed by atoms with E-state index in [-0.39, 0.29) is 5.82 Å². The fraction of sp³-hybridized carbons (Fsp3) is 0.136. The molecule has 4 aromatic rings. The van der Waals surface area contributed by atoms with E-state index in [0.29, 0.717) is 29.4 Å². The van der Waals surface area contributed by atoms with Gasteiger partial charge in [0.1, 0.15) is 11.6 Å². The first-order chi connectivity index (χ1) is 14.2. The number of methoxy groups -OCH3 is 2. The van der Waals surface area contributed by atoms with Crippen molar-refractivity contribution >= 4 is 16.7 Å². The number of halogens is 1. The Hall–Kier alpha value is -3.74. The van der Waals surface area contributed by atoms with Crippen LogP contribution < -0.4 is 14.8 Å². The second-order valence-electron chi connectivity index (χ2n) is 6.40. The zero-order chi connectivity index (χ0) is 20.2. The average Bonchev–Trinajstić information content (AvgIpc) is 2.76. The third kappa shape index (κ3) is 3.94. The van der Waals surface area contributed by atoms with Gasteiger partial charge < -0.3 is 14.8 Å². The number of ether oxygens (including phenoxy) is 2. The summed E-state index contributed by atoms with van der Waals surface area (Å²) in [6, 6.07) is 14.0. The van der Waals surface area contributed by atoms with Crippen LogP contribution in [0.3, 0.4) is 0 Å². The summed E-state index contributed by atoms with van der Waals surface area (Å²) in [5.74, 6) is 1.66. The van der Waals surface area contributed by atoms with E-state index in [1.54, 1.807) is 38.7 Å². The summed E-state index contributed by atoms with van der Waals surface area (Å²) in [6.07, 6.45) is 3.46. The zero-order valence-electron chi connectivity index (χ0n) is 16.0. The fourth-order valence-corrected chi connectivity index (χ4v) is 3.11. The molecular weight excluding hydrogens is 371 g/mol. The molecule has 0 radical (unpaired) electrons. The number of hydrogen-bond donors (Lipinski definition) is 1. The number of aromatic nitrogens is 3. The SMILES string of the molecule is COc1cc2nncc(-c3ccc(NCc4cccc(F)c4)nc3)c2cc1OC. The first-order valence-corrected chi connectivity index (χ1v) is 9.00. The van der Waals surface area contributed by atoms with Crippen LogP contribution in [-0.2, 0) is 6.54 Å². The number of nitrogens with zero attached hydrogens (tertiary/aromatic N) is 3. The van der Waals surface area contributed by atoms with Crippen molar-refractivity contribution in [2.45, 2.75) is 6.54 Å². The van der Waals surface area contributed by atoms with Crippen molar-refractivity contribution in [1.29, 1.82) is 0 Å². The number of anilines is 1. The number of nitrogens with one attached hydrogen (secondary N) is 1. The molecule has 0 spiro atoms. The number of hydrogen-bond acceptors (Lipinski definition) is 6. The lowest BCUT2D eigenvalue weighted by molar-refractivity contribution is 0.356. The van der Waals surface area contributed by atoms with Crippen LogP contribution in [0.2, 0.25) is 0 Å². The number of rotatable bonds is 6. The molecule has 0 aliphatic carbocycles. The Morgan fingerprint density at radius 2 is 1.79 bits per heavy atom. The molecule has 146 valence electrons. The van der Waals surface area contributed by atoms with Crippen LogP contribution in [0.1, 0.15) is 5.56 Å². The monoisotopic (exact) mass is 390 g/mol. The van der Waals surface area contributed by atoms with Crippen LogP contribution in [0, 0.1) is 5.82 Å². The molecule has 2 heterocycles. The maximum Gasteiger partial charge on any atom is 0.162 e. The summed E-state index contributed by atoms with van der Waals surface area (Å²) in [4.78, 5) is 4.47. The van der Waals surface area contributed by atoms with Gasteiger partial charge in [0, 0.05) is 35.3 Å². The highest BCUT2D eigenvalue weighted by Gasteiger charge is 2.12. The van der Waals surface area contributed by atoms with E-state index in [0.717, 1.165) is 22.1 Å². The lowest BCUT2D eigenvalue weighted by Gasteiger charge is -2.11. The Bertz CT molecular complexity index is 1150. The molecular formula is C22H19FN4O2. The Labute approximate surface area is 167 Å². The summed E-state index contributed by atoms with van der Waals surface area (Å²) >= 11 is 0. The van der Waals surface area contributed by atoms with Crippen molar-refractivity contribution in [2.24, 2.45) is 0 Å². The summed E-state index contributed by atoms with van der Waals surface area (Å²) < 4.78 is 24.0. The first-order valence-electron chi connectivity index (χ1n) is 9.00. The van der Waals surface area contributed by atoms with Crippen LogP contribution in [0.4, 0.5) is 10.2 Å². The molecule has 0 bridgehead atoms. The van der Waals surface area contributed by atoms with E-state index in [1.165, 1.54) is 12.1 Å². The maximum absolute atomic E-state index is 13.3. The normalized spacial score (nSPS) is 10.7. The molecule has 6 nitrogen and oxygen atoms in total. The summed E-state index contributed by atoms with van der Waals surface area (Å²) in [7, 11) is 3.18. The minimum atomic E-state index is -0.253. The quantitative estimate of drug-likeness (QED) is 0.524. The molecule has 0 atom stereocenters. The molecule has 0 unspecified atom stereocenters. The van der Waals surface area contributed by atoms with E-state index >= 15 is 0 Å². The molecule has 0 aliphatic rings. The largest absolute Gasteiger partial charge is 0.493 e. The number of fused-ring (bicyclic) bond motifs is 1. The van der Waals surface area contributed by atoms with Gasteiger partial charge in [0.05, 0.1) is 25.9 Å². The van der Waals surface area contributed by atoms with Crippen LogP contribution in [0.25, 0.3) is 22.0 Å². The second-order valence-corrected chi connectivity index (χ2v) is 6.40. The van der Waals surface area contributed by atoms with E-state index in [4.69, 9.17) is 9.47 Å². The van der Waals surface area contributed by atoms with Crippen molar-refractivity contribution in [3.05, 3.63) is 72.3 Å². The lowest BCUT2D eigenvalue weighted by Crippen LogP contribution is -2.01. The van der Waals surface area contributed by atoms with Gasteiger partial charge >= 0.3 is 0 Å². The van der Waals surface area contributed by atoms with Gasteiger partial charge in [-0.2, -0.15) is 10.2 Å². The molecule has 7 heteroatoms. The molecule has 0 fully saturated rings. The zero-order valence-corrected chi connectivity index (χ0v) is 16.0. The van der Waals surface area contributed by atoms with Crippen molar-refractivity contribution < 1.29 is 13.9 Å². The Morgan fingerprint density at radius 1 is 0.966 bits per heavy atom. The van der Waals surface area contributed by atoms with Gasteiger partial charge in [0.2, 0.25) is 0 Å². The number of benzene rings is 2. The third-order valence-corrected chi connectivity index (χ3v) is 4.58. The number of pyridine rings is 1. The van der Waals surface area contributed by atoms with E-state index in [1.807, 2.05) is 24.3 Å². The molecule has 0 amide bonds. The predicted molar refractivity (Wildman–Crippen MR) is 110 cm³/mol. The van der Waals surface area contributed by atoms with Gasteiger partial charge in [-0.3, -0.25) is 0 Å². The van der Waals surface area contributed by atoms with Crippen LogP contribution >= 0.6 is 0 Å². The van der Waals surface area contributed by atoms with Crippen LogP contribution in [0.5, 0.6) is 11.5 Å². The molecule has 29 heavy (non-hydrogen) atoms. The standard InChI is InChI=1S/C22H19FN4O2/c1-28-20-9-17-18(13-26-27-19(17)10-21(20)29-2)15-6-7-22(25-12-15)24-11-14-4-3-5-16(23)8-14/h3-10,12-13H,11H2,1-2H3,(H,24,25). The topological polar surface area (TPSA) is 69.2 Å². The van der Waals surface area contributed by atoms with Crippen LogP contribution in [0.15, 0.2) is 60.9 Å². The smallest absolute Gasteiger partial charge is 0.162 e. The van der Waals surface area contributed by atoms with Crippen molar-refractivity contribution in [3.8, 4) is 22.6 Å². The van der Waals surface area contributed by atoms with Crippen molar-refractivity contribution in [2.75, 3.05) is 19.5 Å². The first kappa shape index (κ1) is 18.6. The Kier molecular flexibility index (Phi) is 5.20. The lowest BCUT2D eigenvalue weighted by atomic mass is 10.0. The van der Waals surface area contributed by atoms with E-state index in [9.17, 15) is 4.39 Å². The van der Waals surface area contributed by atoms with Gasteiger partial charge in [-0.25, -0.2) is 9.37 Å². The van der Waals surface area contributed by atoms with Gasteiger partial charge in [0.25, 0.3) is 0 Å². The molecule has 4 rings (SSSR count). The summed E-state index contributed by atoms with van der Waals surface area (Å²) in [5, 5.41) is 12.4. The van der Waals surface area contributed by atoms with Gasteiger partial charge in [-0.15, -0.1) is 0 Å². The highest BCUT2D eigenvalue weighted by atomic mass is 19.1. The minimum Gasteiger partial charge on any atom is -0.493 e. The van der Waals surface area contributed by atoms with Gasteiger partial charge in [-0.1, -0.05) is 12.1 Å². The Balaban J connectivity index is 1.61. The highest BCUT2D eigenvalue weighted by molar-refractivity contribution is 5.95. The van der Waals surface area contributed by atoms with E-state index in [2.05, 4.69) is 20.5 Å². The molecule has 0 aliphatic heterocycles. The maximum atomic E-state index is 13.3. The van der Waals surface area contributed by atoms with Crippen molar-refractivity contribution in [3.63, 3.8) is 0 Å². The molecule has 2 aromatic carbocycles. The fourth-order valence-electron chi connectivity index (χ4n) is 3.11. The highest BCUT2D eigenvalue weighted by Crippen LogP contribution is 2.35. The predicted octanol–water partition coefficient (Wildman–Crippen LogP) is 4.46. The Morgan fingerprint density at radius 3 is 2.52 bits per heavy atom. The van der Waals surface area contributed by atoms with Crippen molar-refractivity contribution in [1.82, 2.24) is 15.2 Å². The minimum absolute atomic E-state index is 0.253. The van der Waals surface area contributed by atoms with Crippen LogP contribution in [-0.4, -0.2) is 29.4 Å². The third-order valence-electron chi connectivity index (χ3n) is 4.58. The molecule has 2 aromatic heterocycles.